The van der Waals surface area contributed by atoms with Crippen molar-refractivity contribution in [2.45, 2.75) is 44.4 Å². The molecule has 0 saturated heterocycles. The fraction of sp³-hybridized carbons (Fsp3) is 0.636. The van der Waals surface area contributed by atoms with Gasteiger partial charge in [0.25, 0.3) is 0 Å². The van der Waals surface area contributed by atoms with Gasteiger partial charge in [-0.3, -0.25) is 0 Å². The SMILES string of the molecule is CCCCC1(c2cncnc2Cl)CC1. The molecule has 0 bridgehead atoms. The maximum Gasteiger partial charge on any atom is 0.136 e. The summed E-state index contributed by atoms with van der Waals surface area (Å²) in [5, 5.41) is 0.647. The summed E-state index contributed by atoms with van der Waals surface area (Å²) in [4.78, 5) is 8.11. The monoisotopic (exact) mass is 210 g/mol. The highest BCUT2D eigenvalue weighted by atomic mass is 35.5. The summed E-state index contributed by atoms with van der Waals surface area (Å²) in [6, 6.07) is 0. The molecule has 2 nitrogen and oxygen atoms in total. The lowest BCUT2D eigenvalue weighted by Gasteiger charge is -2.14. The zero-order chi connectivity index (χ0) is 10.0. The minimum absolute atomic E-state index is 0.328. The van der Waals surface area contributed by atoms with E-state index >= 15 is 0 Å². The summed E-state index contributed by atoms with van der Waals surface area (Å²) in [7, 11) is 0. The fourth-order valence-corrected chi connectivity index (χ4v) is 2.28. The zero-order valence-corrected chi connectivity index (χ0v) is 9.22. The molecule has 0 spiro atoms. The van der Waals surface area contributed by atoms with Crippen LogP contribution >= 0.6 is 11.6 Å². The lowest BCUT2D eigenvalue weighted by Crippen LogP contribution is -2.08. The Hall–Kier alpha value is -0.630. The average molecular weight is 211 g/mol. The number of hydrogen-bond acceptors (Lipinski definition) is 2. The van der Waals surface area contributed by atoms with Crippen LogP contribution in [0, 0.1) is 0 Å². The molecule has 76 valence electrons. The van der Waals surface area contributed by atoms with E-state index < -0.39 is 0 Å². The Morgan fingerprint density at radius 3 is 2.86 bits per heavy atom. The van der Waals surface area contributed by atoms with Crippen molar-refractivity contribution in [1.82, 2.24) is 9.97 Å². The number of halogens is 1. The molecule has 1 aromatic heterocycles. The second kappa shape index (κ2) is 3.85. The molecule has 1 heterocycles. The van der Waals surface area contributed by atoms with Gasteiger partial charge in [-0.1, -0.05) is 31.4 Å². The molecule has 1 fully saturated rings. The highest BCUT2D eigenvalue weighted by molar-refractivity contribution is 6.30. The van der Waals surface area contributed by atoms with Crippen molar-refractivity contribution in [2.75, 3.05) is 0 Å². The van der Waals surface area contributed by atoms with Crippen LogP contribution in [-0.4, -0.2) is 9.97 Å². The fourth-order valence-electron chi connectivity index (χ4n) is 1.99. The summed E-state index contributed by atoms with van der Waals surface area (Å²) in [6.45, 7) is 2.22. The first-order valence-electron chi connectivity index (χ1n) is 5.24. The van der Waals surface area contributed by atoms with E-state index in [0.717, 1.165) is 5.56 Å². The van der Waals surface area contributed by atoms with Gasteiger partial charge in [0.2, 0.25) is 0 Å². The molecule has 2 rings (SSSR count). The molecule has 1 aliphatic carbocycles. The van der Waals surface area contributed by atoms with Crippen molar-refractivity contribution in [3.63, 3.8) is 0 Å². The van der Waals surface area contributed by atoms with Gasteiger partial charge in [0, 0.05) is 11.8 Å². The second-order valence-electron chi connectivity index (χ2n) is 4.11. The Morgan fingerprint density at radius 1 is 1.50 bits per heavy atom. The maximum atomic E-state index is 6.08. The van der Waals surface area contributed by atoms with E-state index in [1.54, 1.807) is 0 Å². The number of rotatable bonds is 4. The predicted octanol–water partition coefficient (Wildman–Crippen LogP) is 3.35. The molecule has 0 radical (unpaired) electrons. The number of unbranched alkanes of at least 4 members (excludes halogenated alkanes) is 1. The minimum Gasteiger partial charge on any atom is -0.244 e. The standard InChI is InChI=1S/C11H15ClN2/c1-2-3-4-11(5-6-11)9-7-13-8-14-10(9)12/h7-8H,2-6H2,1H3. The van der Waals surface area contributed by atoms with Crippen LogP contribution in [-0.2, 0) is 5.41 Å². The lowest BCUT2D eigenvalue weighted by molar-refractivity contribution is 0.572. The Bertz CT molecular complexity index is 321. The van der Waals surface area contributed by atoms with Crippen LogP contribution < -0.4 is 0 Å². The van der Waals surface area contributed by atoms with Crippen molar-refractivity contribution in [3.8, 4) is 0 Å². The Kier molecular flexibility index (Phi) is 2.73. The van der Waals surface area contributed by atoms with Crippen molar-refractivity contribution in [3.05, 3.63) is 23.2 Å². The normalized spacial score (nSPS) is 18.1. The van der Waals surface area contributed by atoms with Gasteiger partial charge in [0.1, 0.15) is 11.5 Å². The molecule has 3 heteroatoms. The molecule has 0 atom stereocenters. The second-order valence-corrected chi connectivity index (χ2v) is 4.47. The molecule has 1 saturated carbocycles. The summed E-state index contributed by atoms with van der Waals surface area (Å²) in [6.07, 6.45) is 9.65. The van der Waals surface area contributed by atoms with E-state index in [2.05, 4.69) is 16.9 Å². The molecule has 0 aromatic carbocycles. The van der Waals surface area contributed by atoms with Gasteiger partial charge in [0.05, 0.1) is 0 Å². The average Bonchev–Trinajstić information content (AvgIpc) is 2.97. The van der Waals surface area contributed by atoms with Gasteiger partial charge in [-0.05, 0) is 24.7 Å². The van der Waals surface area contributed by atoms with Gasteiger partial charge in [0.15, 0.2) is 0 Å². The zero-order valence-electron chi connectivity index (χ0n) is 8.46. The smallest absolute Gasteiger partial charge is 0.136 e. The van der Waals surface area contributed by atoms with Crippen LogP contribution in [0.15, 0.2) is 12.5 Å². The predicted molar refractivity (Wildman–Crippen MR) is 57.5 cm³/mol. The molecule has 14 heavy (non-hydrogen) atoms. The van der Waals surface area contributed by atoms with Crippen LogP contribution in [0.1, 0.15) is 44.6 Å². The molecule has 1 aliphatic rings. The molecule has 0 aliphatic heterocycles. The summed E-state index contributed by atoms with van der Waals surface area (Å²) >= 11 is 6.08. The summed E-state index contributed by atoms with van der Waals surface area (Å²) < 4.78 is 0. The van der Waals surface area contributed by atoms with Gasteiger partial charge < -0.3 is 0 Å². The largest absolute Gasteiger partial charge is 0.244 e. The third kappa shape index (κ3) is 1.76. The first kappa shape index (κ1) is 9.91. The van der Waals surface area contributed by atoms with Gasteiger partial charge in [-0.15, -0.1) is 0 Å². The third-order valence-electron chi connectivity index (χ3n) is 3.10. The van der Waals surface area contributed by atoms with Crippen molar-refractivity contribution in [1.29, 1.82) is 0 Å². The lowest BCUT2D eigenvalue weighted by atomic mass is 9.93. The van der Waals surface area contributed by atoms with Crippen LogP contribution in [0.25, 0.3) is 0 Å². The van der Waals surface area contributed by atoms with E-state index in [-0.39, 0.29) is 0 Å². The van der Waals surface area contributed by atoms with Crippen molar-refractivity contribution in [2.24, 2.45) is 0 Å². The van der Waals surface area contributed by atoms with Crippen LogP contribution in [0.2, 0.25) is 5.15 Å². The number of aromatic nitrogens is 2. The van der Waals surface area contributed by atoms with Gasteiger partial charge >= 0.3 is 0 Å². The number of hydrogen-bond donors (Lipinski definition) is 0. The highest BCUT2D eigenvalue weighted by Crippen LogP contribution is 2.53. The van der Waals surface area contributed by atoms with E-state index in [9.17, 15) is 0 Å². The molecule has 0 amide bonds. The van der Waals surface area contributed by atoms with Gasteiger partial charge in [-0.25, -0.2) is 9.97 Å². The summed E-state index contributed by atoms with van der Waals surface area (Å²) in [5.41, 5.74) is 1.49. The first-order valence-corrected chi connectivity index (χ1v) is 5.62. The van der Waals surface area contributed by atoms with Gasteiger partial charge in [-0.2, -0.15) is 0 Å². The van der Waals surface area contributed by atoms with Crippen LogP contribution in [0.4, 0.5) is 0 Å². The number of nitrogens with zero attached hydrogens (tertiary/aromatic N) is 2. The van der Waals surface area contributed by atoms with E-state index in [0.29, 0.717) is 10.6 Å². The van der Waals surface area contributed by atoms with Crippen LogP contribution in [0.5, 0.6) is 0 Å². The molecular formula is C11H15ClN2. The molecule has 1 aromatic rings. The first-order chi connectivity index (χ1) is 6.78. The van der Waals surface area contributed by atoms with Crippen molar-refractivity contribution < 1.29 is 0 Å². The highest BCUT2D eigenvalue weighted by Gasteiger charge is 2.45. The Morgan fingerprint density at radius 2 is 2.29 bits per heavy atom. The molecule has 0 N–H and O–H groups in total. The van der Waals surface area contributed by atoms with Crippen LogP contribution in [0.3, 0.4) is 0 Å². The quantitative estimate of drug-likeness (QED) is 0.713. The molecular weight excluding hydrogens is 196 g/mol. The Balaban J connectivity index is 2.18. The van der Waals surface area contributed by atoms with E-state index in [1.165, 1.54) is 38.4 Å². The topological polar surface area (TPSA) is 25.8 Å². The Labute approximate surface area is 89.7 Å². The molecule has 0 unspecified atom stereocenters. The van der Waals surface area contributed by atoms with E-state index in [4.69, 9.17) is 11.6 Å². The van der Waals surface area contributed by atoms with E-state index in [1.807, 2.05) is 6.20 Å². The third-order valence-corrected chi connectivity index (χ3v) is 3.40. The maximum absolute atomic E-state index is 6.08. The van der Waals surface area contributed by atoms with Crippen molar-refractivity contribution >= 4 is 11.6 Å². The summed E-state index contributed by atoms with van der Waals surface area (Å²) in [5.74, 6) is 0. The minimum atomic E-state index is 0.328.